The lowest BCUT2D eigenvalue weighted by molar-refractivity contribution is 0.346. The summed E-state index contributed by atoms with van der Waals surface area (Å²) in [5.74, 6) is 1.12. The van der Waals surface area contributed by atoms with Crippen LogP contribution in [0, 0.1) is 5.41 Å². The second-order valence-corrected chi connectivity index (χ2v) is 5.74. The van der Waals surface area contributed by atoms with Gasteiger partial charge in [0, 0.05) is 23.9 Å². The smallest absolute Gasteiger partial charge is 0.126 e. The minimum Gasteiger partial charge on any atom is -0.493 e. The number of fused-ring (bicyclic) bond motifs is 1. The van der Waals surface area contributed by atoms with Crippen molar-refractivity contribution in [3.63, 3.8) is 0 Å². The maximum absolute atomic E-state index is 6.01. The number of rotatable bonds is 2. The molecule has 3 rings (SSSR count). The van der Waals surface area contributed by atoms with Crippen molar-refractivity contribution >= 4 is 0 Å². The molecule has 1 aliphatic carbocycles. The number of ether oxygens (including phenoxy) is 1. The molecule has 2 aliphatic rings. The molecule has 1 atom stereocenters. The fraction of sp³-hybridized carbons (Fsp3) is 0.571. The highest BCUT2D eigenvalue weighted by molar-refractivity contribution is 5.52. The topological polar surface area (TPSA) is 35.2 Å². The van der Waals surface area contributed by atoms with Gasteiger partial charge in [0.25, 0.3) is 0 Å². The first kappa shape index (κ1) is 10.2. The van der Waals surface area contributed by atoms with E-state index in [1.807, 2.05) is 0 Å². The number of hydrogen-bond acceptors (Lipinski definition) is 2. The van der Waals surface area contributed by atoms with Crippen LogP contribution in [0.4, 0.5) is 0 Å². The summed E-state index contributed by atoms with van der Waals surface area (Å²) in [6.45, 7) is 6.15. The van der Waals surface area contributed by atoms with Crippen LogP contribution in [0.3, 0.4) is 0 Å². The average molecular weight is 217 g/mol. The van der Waals surface area contributed by atoms with Crippen LogP contribution in [-0.2, 0) is 11.8 Å². The largest absolute Gasteiger partial charge is 0.493 e. The van der Waals surface area contributed by atoms with Crippen LogP contribution in [0.2, 0.25) is 0 Å². The van der Waals surface area contributed by atoms with E-state index in [9.17, 15) is 0 Å². The Balaban J connectivity index is 2.11. The summed E-state index contributed by atoms with van der Waals surface area (Å²) in [7, 11) is 0. The molecule has 1 aromatic rings. The van der Waals surface area contributed by atoms with Gasteiger partial charge < -0.3 is 10.5 Å². The van der Waals surface area contributed by atoms with Crippen molar-refractivity contribution in [2.45, 2.75) is 32.1 Å². The van der Waals surface area contributed by atoms with Crippen LogP contribution in [0.5, 0.6) is 5.75 Å². The molecule has 1 saturated carbocycles. The van der Waals surface area contributed by atoms with E-state index in [0.717, 1.165) is 25.3 Å². The summed E-state index contributed by atoms with van der Waals surface area (Å²) in [4.78, 5) is 0. The summed E-state index contributed by atoms with van der Waals surface area (Å²) in [5, 5.41) is 0. The lowest BCUT2D eigenvalue weighted by Gasteiger charge is -2.21. The molecule has 2 nitrogen and oxygen atoms in total. The molecule has 2 heteroatoms. The third kappa shape index (κ3) is 1.11. The molecule has 1 aliphatic heterocycles. The first-order valence-electron chi connectivity index (χ1n) is 6.06. The van der Waals surface area contributed by atoms with E-state index < -0.39 is 0 Å². The van der Waals surface area contributed by atoms with Gasteiger partial charge in [0.1, 0.15) is 5.75 Å². The van der Waals surface area contributed by atoms with E-state index in [1.54, 1.807) is 0 Å². The molecule has 0 amide bonds. The molecule has 1 aromatic carbocycles. The minimum absolute atomic E-state index is 0.155. The third-order valence-corrected chi connectivity index (χ3v) is 4.49. The van der Waals surface area contributed by atoms with Crippen molar-refractivity contribution in [3.8, 4) is 5.75 Å². The van der Waals surface area contributed by atoms with Gasteiger partial charge in [0.2, 0.25) is 0 Å². The van der Waals surface area contributed by atoms with Gasteiger partial charge in [-0.2, -0.15) is 0 Å². The van der Waals surface area contributed by atoms with Crippen LogP contribution < -0.4 is 10.5 Å². The Hall–Kier alpha value is -1.02. The Labute approximate surface area is 96.8 Å². The minimum atomic E-state index is 0.155. The van der Waals surface area contributed by atoms with Crippen LogP contribution in [0.15, 0.2) is 18.2 Å². The van der Waals surface area contributed by atoms with Crippen molar-refractivity contribution < 1.29 is 4.74 Å². The molecule has 2 N–H and O–H groups in total. The molecule has 0 radical (unpaired) electrons. The predicted octanol–water partition coefficient (Wildman–Crippen LogP) is 2.25. The van der Waals surface area contributed by atoms with E-state index in [-0.39, 0.29) is 5.41 Å². The monoisotopic (exact) mass is 217 g/mol. The number of benzene rings is 1. The van der Waals surface area contributed by atoms with Gasteiger partial charge in [-0.05, 0) is 17.4 Å². The van der Waals surface area contributed by atoms with Crippen LogP contribution in [0.1, 0.15) is 31.4 Å². The van der Waals surface area contributed by atoms with E-state index in [1.165, 1.54) is 17.5 Å². The molecule has 1 heterocycles. The Morgan fingerprint density at radius 2 is 2.12 bits per heavy atom. The highest BCUT2D eigenvalue weighted by Crippen LogP contribution is 2.65. The summed E-state index contributed by atoms with van der Waals surface area (Å²) in [6.07, 6.45) is 2.22. The highest BCUT2D eigenvalue weighted by atomic mass is 16.5. The van der Waals surface area contributed by atoms with E-state index in [4.69, 9.17) is 10.5 Å². The SMILES string of the molecule is CC1(C)CC1(CN)c1cccc2c1OCC2. The zero-order chi connectivity index (χ0) is 11.4. The van der Waals surface area contributed by atoms with E-state index >= 15 is 0 Å². The quantitative estimate of drug-likeness (QED) is 0.824. The van der Waals surface area contributed by atoms with Gasteiger partial charge in [-0.25, -0.2) is 0 Å². The van der Waals surface area contributed by atoms with Crippen molar-refractivity contribution in [1.82, 2.24) is 0 Å². The summed E-state index contributed by atoms with van der Waals surface area (Å²) >= 11 is 0. The van der Waals surface area contributed by atoms with E-state index in [0.29, 0.717) is 5.41 Å². The van der Waals surface area contributed by atoms with Crippen LogP contribution in [-0.4, -0.2) is 13.2 Å². The van der Waals surface area contributed by atoms with E-state index in [2.05, 4.69) is 32.0 Å². The Bertz CT molecular complexity index is 438. The van der Waals surface area contributed by atoms with Gasteiger partial charge in [0.05, 0.1) is 6.61 Å². The number of nitrogens with two attached hydrogens (primary N) is 1. The zero-order valence-corrected chi connectivity index (χ0v) is 10.0. The average Bonchev–Trinajstić information content (AvgIpc) is 2.65. The highest BCUT2D eigenvalue weighted by Gasteiger charge is 2.62. The molecular weight excluding hydrogens is 198 g/mol. The maximum atomic E-state index is 6.01. The van der Waals surface area contributed by atoms with Gasteiger partial charge >= 0.3 is 0 Å². The lowest BCUT2D eigenvalue weighted by atomic mass is 9.86. The molecule has 1 unspecified atom stereocenters. The summed E-state index contributed by atoms with van der Waals surface area (Å²) < 4.78 is 5.80. The molecule has 0 spiro atoms. The van der Waals surface area contributed by atoms with Crippen LogP contribution >= 0.6 is 0 Å². The second kappa shape index (κ2) is 3.01. The molecule has 1 fully saturated rings. The third-order valence-electron chi connectivity index (χ3n) is 4.49. The Morgan fingerprint density at radius 1 is 1.38 bits per heavy atom. The lowest BCUT2D eigenvalue weighted by Crippen LogP contribution is -2.25. The van der Waals surface area contributed by atoms with Gasteiger partial charge in [-0.1, -0.05) is 32.0 Å². The van der Waals surface area contributed by atoms with Gasteiger partial charge in [-0.3, -0.25) is 0 Å². The van der Waals surface area contributed by atoms with Crippen molar-refractivity contribution in [2.24, 2.45) is 11.1 Å². The maximum Gasteiger partial charge on any atom is 0.126 e. The van der Waals surface area contributed by atoms with Crippen molar-refractivity contribution in [2.75, 3.05) is 13.2 Å². The fourth-order valence-electron chi connectivity index (χ4n) is 3.22. The first-order chi connectivity index (χ1) is 7.61. The molecule has 0 aromatic heterocycles. The van der Waals surface area contributed by atoms with Crippen molar-refractivity contribution in [3.05, 3.63) is 29.3 Å². The number of hydrogen-bond donors (Lipinski definition) is 1. The molecular formula is C14H19NO. The molecule has 0 bridgehead atoms. The first-order valence-corrected chi connectivity index (χ1v) is 6.06. The number of para-hydroxylation sites is 1. The summed E-state index contributed by atoms with van der Waals surface area (Å²) in [5.41, 5.74) is 9.19. The van der Waals surface area contributed by atoms with Gasteiger partial charge in [0.15, 0.2) is 0 Å². The normalized spacial score (nSPS) is 29.7. The Kier molecular flexibility index (Phi) is 1.91. The Morgan fingerprint density at radius 3 is 2.75 bits per heavy atom. The molecule has 86 valence electrons. The standard InChI is InChI=1S/C14H19NO/c1-13(2)8-14(13,9-15)11-5-3-4-10-6-7-16-12(10)11/h3-5H,6-9,15H2,1-2H3. The van der Waals surface area contributed by atoms with Gasteiger partial charge in [-0.15, -0.1) is 0 Å². The predicted molar refractivity (Wildman–Crippen MR) is 64.8 cm³/mol. The summed E-state index contributed by atoms with van der Waals surface area (Å²) in [6, 6.07) is 6.52. The van der Waals surface area contributed by atoms with Crippen LogP contribution in [0.25, 0.3) is 0 Å². The molecule has 0 saturated heterocycles. The second-order valence-electron chi connectivity index (χ2n) is 5.74. The zero-order valence-electron chi connectivity index (χ0n) is 10.0. The van der Waals surface area contributed by atoms with Crippen molar-refractivity contribution in [1.29, 1.82) is 0 Å². The molecule has 16 heavy (non-hydrogen) atoms. The fourth-order valence-corrected chi connectivity index (χ4v) is 3.22.